The fourth-order valence-electron chi connectivity index (χ4n) is 1.29. The van der Waals surface area contributed by atoms with Gasteiger partial charge in [0, 0.05) is 4.47 Å². The number of methoxy groups -OCH3 is 1. The average molecular weight is 313 g/mol. The molecule has 0 spiro atoms. The highest BCUT2D eigenvalue weighted by atomic mass is 79.9. The van der Waals surface area contributed by atoms with Gasteiger partial charge in [0.25, 0.3) is 0 Å². The van der Waals surface area contributed by atoms with Gasteiger partial charge in [-0.1, -0.05) is 0 Å². The predicted octanol–water partition coefficient (Wildman–Crippen LogP) is 2.43. The summed E-state index contributed by atoms with van der Waals surface area (Å²) in [7, 11) is 1.51. The van der Waals surface area contributed by atoms with Crippen LogP contribution in [0.1, 0.15) is 19.4 Å². The summed E-state index contributed by atoms with van der Waals surface area (Å²) in [6, 6.07) is 5.00. The molecule has 0 aliphatic rings. The largest absolute Gasteiger partial charge is 0.497 e. The Hall–Kier alpha value is -1.65. The highest BCUT2D eigenvalue weighted by Crippen LogP contribution is 2.23. The molecule has 0 aromatic heterocycles. The van der Waals surface area contributed by atoms with Gasteiger partial charge in [-0.3, -0.25) is 0 Å². The van der Waals surface area contributed by atoms with Gasteiger partial charge in [-0.15, -0.1) is 0 Å². The van der Waals surface area contributed by atoms with E-state index in [9.17, 15) is 4.79 Å². The van der Waals surface area contributed by atoms with Gasteiger partial charge in [0.1, 0.15) is 5.75 Å². The summed E-state index contributed by atoms with van der Waals surface area (Å²) >= 11 is 3.28. The van der Waals surface area contributed by atoms with Crippen molar-refractivity contribution in [3.8, 4) is 5.75 Å². The SMILES string of the molecule is COc1ccc(Br)c(C(=[N+]=[N-])C(=O)OC(C)C)c1. The van der Waals surface area contributed by atoms with Crippen molar-refractivity contribution in [1.82, 2.24) is 0 Å². The molecule has 0 unspecified atom stereocenters. The van der Waals surface area contributed by atoms with Crippen molar-refractivity contribution < 1.29 is 19.1 Å². The molecule has 0 N–H and O–H groups in total. The van der Waals surface area contributed by atoms with E-state index in [2.05, 4.69) is 20.7 Å². The summed E-state index contributed by atoms with van der Waals surface area (Å²) in [5.41, 5.74) is 9.21. The van der Waals surface area contributed by atoms with Crippen molar-refractivity contribution in [2.24, 2.45) is 0 Å². The van der Waals surface area contributed by atoms with Gasteiger partial charge < -0.3 is 15.0 Å². The standard InChI is InChI=1S/C12H13BrN2O3/c1-7(2)18-12(16)11(15-14)9-6-8(17-3)4-5-10(9)13/h4-7H,1-3H3. The second-order valence-corrected chi connectivity index (χ2v) is 4.60. The van der Waals surface area contributed by atoms with Crippen LogP contribution in [0.15, 0.2) is 22.7 Å². The number of carbonyl (C=O) groups excluding carboxylic acids is 1. The van der Waals surface area contributed by atoms with E-state index in [-0.39, 0.29) is 11.8 Å². The van der Waals surface area contributed by atoms with E-state index in [4.69, 9.17) is 15.0 Å². The van der Waals surface area contributed by atoms with Crippen molar-refractivity contribution in [1.29, 1.82) is 0 Å². The molecule has 1 aromatic carbocycles. The summed E-state index contributed by atoms with van der Waals surface area (Å²) in [5.74, 6) is -0.145. The molecule has 0 amide bonds. The van der Waals surface area contributed by atoms with Gasteiger partial charge in [-0.25, -0.2) is 4.79 Å². The van der Waals surface area contributed by atoms with Gasteiger partial charge >= 0.3 is 11.7 Å². The number of nitrogens with zero attached hydrogens (tertiary/aromatic N) is 2. The van der Waals surface area contributed by atoms with Crippen LogP contribution in [-0.2, 0) is 9.53 Å². The molecule has 0 saturated carbocycles. The molecule has 0 aliphatic heterocycles. The third kappa shape index (κ3) is 3.42. The fourth-order valence-corrected chi connectivity index (χ4v) is 1.72. The Bertz CT molecular complexity index is 508. The number of esters is 1. The lowest BCUT2D eigenvalue weighted by Crippen LogP contribution is -2.23. The minimum Gasteiger partial charge on any atom is -0.497 e. The van der Waals surface area contributed by atoms with E-state index in [1.54, 1.807) is 32.0 Å². The molecular weight excluding hydrogens is 300 g/mol. The molecule has 1 rings (SSSR count). The van der Waals surface area contributed by atoms with Crippen molar-refractivity contribution in [3.05, 3.63) is 33.8 Å². The van der Waals surface area contributed by atoms with E-state index in [0.717, 1.165) is 0 Å². The second kappa shape index (κ2) is 6.33. The lowest BCUT2D eigenvalue weighted by molar-refractivity contribution is -0.143. The molecule has 0 saturated heterocycles. The maximum atomic E-state index is 11.8. The molecule has 5 nitrogen and oxygen atoms in total. The smallest absolute Gasteiger partial charge is 0.422 e. The molecule has 0 atom stereocenters. The Morgan fingerprint density at radius 2 is 2.11 bits per heavy atom. The fraction of sp³-hybridized carbons (Fsp3) is 0.333. The lowest BCUT2D eigenvalue weighted by atomic mass is 10.1. The average Bonchev–Trinajstić information content (AvgIpc) is 2.31. The van der Waals surface area contributed by atoms with Gasteiger partial charge in [0.05, 0.1) is 18.8 Å². The van der Waals surface area contributed by atoms with Crippen molar-refractivity contribution >= 4 is 27.6 Å². The van der Waals surface area contributed by atoms with Crippen LogP contribution in [0.3, 0.4) is 0 Å². The molecule has 96 valence electrons. The van der Waals surface area contributed by atoms with E-state index in [1.807, 2.05) is 0 Å². The zero-order valence-corrected chi connectivity index (χ0v) is 11.9. The van der Waals surface area contributed by atoms with Gasteiger partial charge in [-0.05, 0) is 48.0 Å². The number of carbonyl (C=O) groups is 1. The summed E-state index contributed by atoms with van der Waals surface area (Å²) in [5, 5.41) is 0. The number of benzene rings is 1. The van der Waals surface area contributed by atoms with Crippen LogP contribution in [0.4, 0.5) is 0 Å². The number of halogens is 1. The summed E-state index contributed by atoms with van der Waals surface area (Å²) in [6.45, 7) is 3.43. The Morgan fingerprint density at radius 1 is 1.44 bits per heavy atom. The minimum atomic E-state index is -0.693. The third-order valence-corrected chi connectivity index (χ3v) is 2.76. The summed E-state index contributed by atoms with van der Waals surface area (Å²) < 4.78 is 10.7. The molecule has 0 heterocycles. The Balaban J connectivity index is 3.17. The maximum absolute atomic E-state index is 11.8. The monoisotopic (exact) mass is 312 g/mol. The first-order valence-electron chi connectivity index (χ1n) is 5.26. The predicted molar refractivity (Wildman–Crippen MR) is 69.7 cm³/mol. The van der Waals surface area contributed by atoms with Crippen LogP contribution < -0.4 is 4.74 Å². The Morgan fingerprint density at radius 3 is 2.61 bits per heavy atom. The number of hydrogen-bond acceptors (Lipinski definition) is 3. The number of ether oxygens (including phenoxy) is 2. The Kier molecular flexibility index (Phi) is 5.07. The van der Waals surface area contributed by atoms with Crippen LogP contribution in [0.25, 0.3) is 5.53 Å². The van der Waals surface area contributed by atoms with Crippen LogP contribution in [0.2, 0.25) is 0 Å². The zero-order valence-electron chi connectivity index (χ0n) is 10.3. The zero-order chi connectivity index (χ0) is 13.7. The van der Waals surface area contributed by atoms with E-state index >= 15 is 0 Å². The van der Waals surface area contributed by atoms with Crippen LogP contribution in [0.5, 0.6) is 5.75 Å². The van der Waals surface area contributed by atoms with Crippen LogP contribution in [0, 0.1) is 0 Å². The quantitative estimate of drug-likeness (QED) is 0.371. The Labute approximate surface area is 113 Å². The third-order valence-electron chi connectivity index (χ3n) is 2.06. The number of rotatable bonds is 4. The summed E-state index contributed by atoms with van der Waals surface area (Å²) in [4.78, 5) is 14.8. The maximum Gasteiger partial charge on any atom is 0.422 e. The van der Waals surface area contributed by atoms with Crippen molar-refractivity contribution in [2.45, 2.75) is 20.0 Å². The molecule has 0 aliphatic carbocycles. The molecule has 0 radical (unpaired) electrons. The van der Waals surface area contributed by atoms with Crippen LogP contribution >= 0.6 is 15.9 Å². The lowest BCUT2D eigenvalue weighted by Gasteiger charge is -2.06. The van der Waals surface area contributed by atoms with Gasteiger partial charge in [0.15, 0.2) is 0 Å². The minimum absolute atomic E-state index is 0.172. The van der Waals surface area contributed by atoms with Gasteiger partial charge in [-0.2, -0.15) is 4.79 Å². The van der Waals surface area contributed by atoms with Gasteiger partial charge in [0.2, 0.25) is 0 Å². The molecular formula is C12H13BrN2O3. The first-order valence-corrected chi connectivity index (χ1v) is 6.05. The van der Waals surface area contributed by atoms with Crippen molar-refractivity contribution in [2.75, 3.05) is 7.11 Å². The second-order valence-electron chi connectivity index (χ2n) is 3.75. The van der Waals surface area contributed by atoms with E-state index < -0.39 is 5.97 Å². The molecule has 0 bridgehead atoms. The topological polar surface area (TPSA) is 71.9 Å². The summed E-state index contributed by atoms with van der Waals surface area (Å²) in [6.07, 6.45) is -0.293. The molecule has 18 heavy (non-hydrogen) atoms. The normalized spacial score (nSPS) is 9.83. The van der Waals surface area contributed by atoms with Crippen LogP contribution in [-0.4, -0.2) is 29.7 Å². The molecule has 6 heteroatoms. The first-order chi connectivity index (χ1) is 8.49. The highest BCUT2D eigenvalue weighted by Gasteiger charge is 2.28. The van der Waals surface area contributed by atoms with Crippen molar-refractivity contribution in [3.63, 3.8) is 0 Å². The molecule has 0 fully saturated rings. The van der Waals surface area contributed by atoms with E-state index in [1.165, 1.54) is 7.11 Å². The first kappa shape index (κ1) is 14.4. The molecule has 1 aromatic rings. The highest BCUT2D eigenvalue weighted by molar-refractivity contribution is 9.10. The van der Waals surface area contributed by atoms with E-state index in [0.29, 0.717) is 15.8 Å². The number of hydrogen-bond donors (Lipinski definition) is 0.